The third kappa shape index (κ3) is 3.52. The van der Waals surface area contributed by atoms with Crippen LogP contribution in [0.25, 0.3) is 0 Å². The average molecular weight is 329 g/mol. The van der Waals surface area contributed by atoms with Gasteiger partial charge in [0.2, 0.25) is 0 Å². The van der Waals surface area contributed by atoms with E-state index >= 15 is 0 Å². The summed E-state index contributed by atoms with van der Waals surface area (Å²) in [4.78, 5) is 12.8. The summed E-state index contributed by atoms with van der Waals surface area (Å²) in [7, 11) is 0. The normalized spacial score (nSPS) is 20.4. The monoisotopic (exact) mass is 328 g/mol. The van der Waals surface area contributed by atoms with Crippen molar-refractivity contribution < 1.29 is 9.66 Å². The van der Waals surface area contributed by atoms with E-state index in [4.69, 9.17) is 4.74 Å². The van der Waals surface area contributed by atoms with Gasteiger partial charge in [-0.25, -0.2) is 0 Å². The van der Waals surface area contributed by atoms with E-state index in [0.717, 1.165) is 31.7 Å². The van der Waals surface area contributed by atoms with Crippen molar-refractivity contribution in [3.05, 3.63) is 38.3 Å². The number of hydrogen-bond acceptors (Lipinski definition) is 4. The molecule has 1 aromatic carbocycles. The number of hydrogen-bond donors (Lipinski definition) is 0. The average Bonchev–Trinajstić information content (AvgIpc) is 2.41. The van der Waals surface area contributed by atoms with Gasteiger partial charge in [-0.05, 0) is 27.9 Å². The molecule has 19 heavy (non-hydrogen) atoms. The molecule has 2 rings (SSSR count). The summed E-state index contributed by atoms with van der Waals surface area (Å²) < 4.78 is 6.21. The van der Waals surface area contributed by atoms with Crippen molar-refractivity contribution >= 4 is 21.6 Å². The van der Waals surface area contributed by atoms with Crippen molar-refractivity contribution in [2.75, 3.05) is 19.7 Å². The highest BCUT2D eigenvalue weighted by molar-refractivity contribution is 9.10. The number of benzene rings is 1. The van der Waals surface area contributed by atoms with Gasteiger partial charge in [0.05, 0.1) is 22.1 Å². The van der Waals surface area contributed by atoms with Gasteiger partial charge >= 0.3 is 0 Å². The lowest BCUT2D eigenvalue weighted by atomic mass is 10.1. The first-order chi connectivity index (χ1) is 9.11. The number of morpholine rings is 1. The molecule has 1 saturated heterocycles. The first kappa shape index (κ1) is 14.4. The van der Waals surface area contributed by atoms with E-state index < -0.39 is 0 Å². The largest absolute Gasteiger partial charge is 0.376 e. The maximum absolute atomic E-state index is 10.9. The fourth-order valence-corrected chi connectivity index (χ4v) is 2.78. The molecule has 0 N–H and O–H groups in total. The molecule has 0 aliphatic carbocycles. The van der Waals surface area contributed by atoms with Gasteiger partial charge in [0, 0.05) is 25.7 Å². The van der Waals surface area contributed by atoms with Crippen molar-refractivity contribution in [1.29, 1.82) is 0 Å². The molecule has 0 aromatic heterocycles. The molecule has 1 unspecified atom stereocenters. The second-order valence-electron chi connectivity index (χ2n) is 4.64. The van der Waals surface area contributed by atoms with Crippen LogP contribution < -0.4 is 0 Å². The molecule has 0 bridgehead atoms. The maximum Gasteiger partial charge on any atom is 0.283 e. The van der Waals surface area contributed by atoms with Crippen LogP contribution in [0.4, 0.5) is 5.69 Å². The van der Waals surface area contributed by atoms with E-state index in [9.17, 15) is 10.1 Å². The zero-order chi connectivity index (χ0) is 13.8. The third-order valence-corrected chi connectivity index (χ3v) is 4.24. The summed E-state index contributed by atoms with van der Waals surface area (Å²) in [6.07, 6.45) is 1.26. The highest BCUT2D eigenvalue weighted by Crippen LogP contribution is 2.29. The zero-order valence-electron chi connectivity index (χ0n) is 10.8. The highest BCUT2D eigenvalue weighted by Gasteiger charge is 2.21. The fourth-order valence-electron chi connectivity index (χ4n) is 2.24. The van der Waals surface area contributed by atoms with Crippen LogP contribution in [0, 0.1) is 10.1 Å². The van der Waals surface area contributed by atoms with Gasteiger partial charge in [-0.15, -0.1) is 0 Å². The molecule has 1 aliphatic rings. The van der Waals surface area contributed by atoms with E-state index in [1.165, 1.54) is 6.07 Å². The molecule has 0 spiro atoms. The van der Waals surface area contributed by atoms with Crippen molar-refractivity contribution in [2.24, 2.45) is 0 Å². The summed E-state index contributed by atoms with van der Waals surface area (Å²) in [5, 5.41) is 10.9. The van der Waals surface area contributed by atoms with Crippen LogP contribution in [0.1, 0.15) is 18.9 Å². The van der Waals surface area contributed by atoms with Gasteiger partial charge in [0.25, 0.3) is 5.69 Å². The maximum atomic E-state index is 10.9. The molecule has 104 valence electrons. The predicted octanol–water partition coefficient (Wildman–Crippen LogP) is 2.97. The molecular formula is C13H17BrN2O3. The summed E-state index contributed by atoms with van der Waals surface area (Å²) in [5.41, 5.74) is 1.07. The Labute approximate surface area is 120 Å². The highest BCUT2D eigenvalue weighted by atomic mass is 79.9. The van der Waals surface area contributed by atoms with E-state index in [2.05, 4.69) is 27.8 Å². The number of nitro benzene ring substituents is 1. The summed E-state index contributed by atoms with van der Waals surface area (Å²) in [6.45, 7) is 5.29. The molecule has 1 aliphatic heterocycles. The SMILES string of the molecule is CCC1CN(Cc2cccc([N+](=O)[O-])c2Br)CCO1. The molecule has 1 aromatic rings. The third-order valence-electron chi connectivity index (χ3n) is 3.33. The Kier molecular flexibility index (Phi) is 4.90. The first-order valence-corrected chi connectivity index (χ1v) is 7.16. The molecular weight excluding hydrogens is 312 g/mol. The fraction of sp³-hybridized carbons (Fsp3) is 0.538. The Balaban J connectivity index is 2.10. The van der Waals surface area contributed by atoms with Crippen molar-refractivity contribution in [1.82, 2.24) is 4.90 Å². The van der Waals surface area contributed by atoms with Crippen molar-refractivity contribution in [2.45, 2.75) is 26.0 Å². The summed E-state index contributed by atoms with van der Waals surface area (Å²) >= 11 is 3.34. The predicted molar refractivity (Wildman–Crippen MR) is 76.1 cm³/mol. The second kappa shape index (κ2) is 6.45. The van der Waals surface area contributed by atoms with E-state index in [1.54, 1.807) is 6.07 Å². The van der Waals surface area contributed by atoms with E-state index in [1.807, 2.05) is 6.07 Å². The quantitative estimate of drug-likeness (QED) is 0.629. The minimum absolute atomic E-state index is 0.123. The van der Waals surface area contributed by atoms with Crippen LogP contribution in [0.5, 0.6) is 0 Å². The molecule has 0 amide bonds. The number of nitro groups is 1. The van der Waals surface area contributed by atoms with Crippen LogP contribution in [0.2, 0.25) is 0 Å². The Morgan fingerprint density at radius 1 is 1.58 bits per heavy atom. The lowest BCUT2D eigenvalue weighted by Gasteiger charge is -2.32. The van der Waals surface area contributed by atoms with Crippen LogP contribution in [0.15, 0.2) is 22.7 Å². The Morgan fingerprint density at radius 2 is 2.37 bits per heavy atom. The van der Waals surface area contributed by atoms with Gasteiger partial charge < -0.3 is 4.74 Å². The Bertz CT molecular complexity index is 467. The van der Waals surface area contributed by atoms with Gasteiger partial charge in [-0.3, -0.25) is 15.0 Å². The van der Waals surface area contributed by atoms with Crippen LogP contribution >= 0.6 is 15.9 Å². The van der Waals surface area contributed by atoms with Crippen LogP contribution in [-0.2, 0) is 11.3 Å². The molecule has 1 heterocycles. The van der Waals surface area contributed by atoms with Crippen LogP contribution in [-0.4, -0.2) is 35.6 Å². The Hall–Kier alpha value is -0.980. The summed E-state index contributed by atoms with van der Waals surface area (Å²) in [6, 6.07) is 5.17. The van der Waals surface area contributed by atoms with Gasteiger partial charge in [0.15, 0.2) is 0 Å². The van der Waals surface area contributed by atoms with Gasteiger partial charge in [0.1, 0.15) is 0 Å². The van der Waals surface area contributed by atoms with Crippen LogP contribution in [0.3, 0.4) is 0 Å². The molecule has 0 radical (unpaired) electrons. The van der Waals surface area contributed by atoms with E-state index in [-0.39, 0.29) is 16.7 Å². The van der Waals surface area contributed by atoms with E-state index in [0.29, 0.717) is 11.0 Å². The molecule has 6 heteroatoms. The minimum atomic E-state index is -0.359. The van der Waals surface area contributed by atoms with Crippen molar-refractivity contribution in [3.63, 3.8) is 0 Å². The molecule has 1 fully saturated rings. The smallest absolute Gasteiger partial charge is 0.283 e. The van der Waals surface area contributed by atoms with Crippen molar-refractivity contribution in [3.8, 4) is 0 Å². The molecule has 1 atom stereocenters. The van der Waals surface area contributed by atoms with Gasteiger partial charge in [-0.2, -0.15) is 0 Å². The zero-order valence-corrected chi connectivity index (χ0v) is 12.4. The molecule has 0 saturated carbocycles. The Morgan fingerprint density at radius 3 is 3.05 bits per heavy atom. The number of rotatable bonds is 4. The standard InChI is InChI=1S/C13H17BrN2O3/c1-2-11-9-15(6-7-19-11)8-10-4-3-5-12(13(10)14)16(17)18/h3-5,11H,2,6-9H2,1H3. The number of halogens is 1. The first-order valence-electron chi connectivity index (χ1n) is 6.37. The van der Waals surface area contributed by atoms with Gasteiger partial charge in [-0.1, -0.05) is 19.1 Å². The number of ether oxygens (including phenoxy) is 1. The molecule has 5 nitrogen and oxygen atoms in total. The summed E-state index contributed by atoms with van der Waals surface area (Å²) in [5.74, 6) is 0. The topological polar surface area (TPSA) is 55.6 Å². The minimum Gasteiger partial charge on any atom is -0.376 e. The lowest BCUT2D eigenvalue weighted by Crippen LogP contribution is -2.41. The lowest BCUT2D eigenvalue weighted by molar-refractivity contribution is -0.385. The second-order valence-corrected chi connectivity index (χ2v) is 5.44. The number of nitrogens with zero attached hydrogens (tertiary/aromatic N) is 2.